The summed E-state index contributed by atoms with van der Waals surface area (Å²) in [7, 11) is 0. The number of hydrogen-bond donors (Lipinski definition) is 1. The Morgan fingerprint density at radius 3 is 3.00 bits per heavy atom. The molecule has 0 unspecified atom stereocenters. The summed E-state index contributed by atoms with van der Waals surface area (Å²) >= 11 is 7.11. The van der Waals surface area contributed by atoms with Gasteiger partial charge in [0.1, 0.15) is 0 Å². The second kappa shape index (κ2) is 4.22. The zero-order valence-electron chi connectivity index (χ0n) is 9.26. The maximum Gasteiger partial charge on any atom is 0.264 e. The number of amides is 1. The van der Waals surface area contributed by atoms with E-state index in [1.54, 1.807) is 23.2 Å². The van der Waals surface area contributed by atoms with Gasteiger partial charge in [-0.1, -0.05) is 11.6 Å². The van der Waals surface area contributed by atoms with Gasteiger partial charge in [0, 0.05) is 18.3 Å². The van der Waals surface area contributed by atoms with Crippen molar-refractivity contribution in [1.29, 1.82) is 0 Å². The normalized spacial score (nSPS) is 13.7. The predicted octanol–water partition coefficient (Wildman–Crippen LogP) is 1.93. The third kappa shape index (κ3) is 1.93. The number of nitrogens with zero attached hydrogens (tertiary/aromatic N) is 3. The van der Waals surface area contributed by atoms with Crippen LogP contribution >= 0.6 is 22.9 Å². The molecule has 5 nitrogen and oxygen atoms in total. The molecule has 0 aliphatic carbocycles. The first-order chi connectivity index (χ1) is 8.63. The molecular weight excluding hydrogens is 272 g/mol. The Kier molecular flexibility index (Phi) is 2.68. The number of carbonyl (C=O) groups excluding carboxylic acids is 1. The Morgan fingerprint density at radius 1 is 1.44 bits per heavy atom. The van der Waals surface area contributed by atoms with Crippen molar-refractivity contribution < 1.29 is 4.79 Å². The van der Waals surface area contributed by atoms with Gasteiger partial charge in [-0.05, 0) is 12.1 Å². The van der Waals surface area contributed by atoms with Crippen LogP contribution in [0.25, 0.3) is 0 Å². The van der Waals surface area contributed by atoms with E-state index in [9.17, 15) is 4.79 Å². The standard InChI is InChI=1S/C11H9ClN4OS/c12-9-2-1-8(18-9)10(17)16-4-6-3-14-11(13)15-7(6)5-16/h1-3H,4-5H2,(H2,13,14,15). The fourth-order valence-electron chi connectivity index (χ4n) is 1.90. The average Bonchev–Trinajstić information content (AvgIpc) is 2.93. The minimum atomic E-state index is -0.0385. The molecule has 1 amide bonds. The lowest BCUT2D eigenvalue weighted by Crippen LogP contribution is -2.24. The molecule has 0 atom stereocenters. The van der Waals surface area contributed by atoms with E-state index < -0.39 is 0 Å². The van der Waals surface area contributed by atoms with Crippen molar-refractivity contribution in [3.05, 3.63) is 38.8 Å². The van der Waals surface area contributed by atoms with Gasteiger partial charge in [-0.25, -0.2) is 9.97 Å². The Balaban J connectivity index is 1.83. The summed E-state index contributed by atoms with van der Waals surface area (Å²) in [5, 5.41) is 0. The van der Waals surface area contributed by atoms with E-state index in [-0.39, 0.29) is 11.9 Å². The highest BCUT2D eigenvalue weighted by Crippen LogP contribution is 2.27. The van der Waals surface area contributed by atoms with Crippen molar-refractivity contribution in [2.75, 3.05) is 5.73 Å². The first kappa shape index (κ1) is 11.4. The molecule has 1 aliphatic rings. The number of anilines is 1. The smallest absolute Gasteiger partial charge is 0.264 e. The lowest BCUT2D eigenvalue weighted by Gasteiger charge is -2.13. The van der Waals surface area contributed by atoms with Gasteiger partial charge in [-0.3, -0.25) is 4.79 Å². The van der Waals surface area contributed by atoms with E-state index in [4.69, 9.17) is 17.3 Å². The van der Waals surface area contributed by atoms with E-state index >= 15 is 0 Å². The summed E-state index contributed by atoms with van der Waals surface area (Å²) in [6.07, 6.45) is 1.67. The number of thiophene rings is 1. The molecule has 2 N–H and O–H groups in total. The molecule has 2 aromatic rings. The second-order valence-electron chi connectivity index (χ2n) is 3.97. The van der Waals surface area contributed by atoms with Crippen LogP contribution in [0.5, 0.6) is 0 Å². The quantitative estimate of drug-likeness (QED) is 0.866. The molecule has 7 heteroatoms. The molecule has 1 aliphatic heterocycles. The molecular formula is C11H9ClN4OS. The maximum atomic E-state index is 12.2. The number of aromatic nitrogens is 2. The van der Waals surface area contributed by atoms with Crippen molar-refractivity contribution in [2.45, 2.75) is 13.1 Å². The summed E-state index contributed by atoms with van der Waals surface area (Å²) in [4.78, 5) is 22.6. The van der Waals surface area contributed by atoms with Gasteiger partial charge in [0.05, 0.1) is 21.5 Å². The molecule has 0 aromatic carbocycles. The minimum absolute atomic E-state index is 0.0385. The molecule has 18 heavy (non-hydrogen) atoms. The van der Waals surface area contributed by atoms with Crippen molar-refractivity contribution in [3.8, 4) is 0 Å². The second-order valence-corrected chi connectivity index (χ2v) is 5.68. The van der Waals surface area contributed by atoms with Crippen LogP contribution in [-0.4, -0.2) is 20.8 Å². The highest BCUT2D eigenvalue weighted by Gasteiger charge is 2.26. The van der Waals surface area contributed by atoms with E-state index in [1.807, 2.05) is 0 Å². The molecule has 0 fully saturated rings. The van der Waals surface area contributed by atoms with Crippen LogP contribution in [0.3, 0.4) is 0 Å². The van der Waals surface area contributed by atoms with Crippen LogP contribution in [0.4, 0.5) is 5.95 Å². The Morgan fingerprint density at radius 2 is 2.28 bits per heavy atom. The van der Waals surface area contributed by atoms with Gasteiger partial charge >= 0.3 is 0 Å². The van der Waals surface area contributed by atoms with Crippen molar-refractivity contribution in [1.82, 2.24) is 14.9 Å². The van der Waals surface area contributed by atoms with Gasteiger partial charge in [-0.15, -0.1) is 11.3 Å². The van der Waals surface area contributed by atoms with Gasteiger partial charge < -0.3 is 10.6 Å². The van der Waals surface area contributed by atoms with Crippen LogP contribution in [0.15, 0.2) is 18.3 Å². The predicted molar refractivity (Wildman–Crippen MR) is 69.4 cm³/mol. The van der Waals surface area contributed by atoms with Crippen LogP contribution in [0.1, 0.15) is 20.9 Å². The minimum Gasteiger partial charge on any atom is -0.368 e. The molecule has 2 aromatic heterocycles. The molecule has 0 saturated carbocycles. The van der Waals surface area contributed by atoms with Crippen molar-refractivity contribution in [2.24, 2.45) is 0 Å². The van der Waals surface area contributed by atoms with Crippen LogP contribution in [0, 0.1) is 0 Å². The van der Waals surface area contributed by atoms with Crippen molar-refractivity contribution in [3.63, 3.8) is 0 Å². The van der Waals surface area contributed by atoms with Gasteiger partial charge in [-0.2, -0.15) is 0 Å². The number of rotatable bonds is 1. The molecule has 3 rings (SSSR count). The highest BCUT2D eigenvalue weighted by molar-refractivity contribution is 7.17. The SMILES string of the molecule is Nc1ncc2c(n1)CN(C(=O)c1ccc(Cl)s1)C2. The largest absolute Gasteiger partial charge is 0.368 e. The Hall–Kier alpha value is -1.66. The van der Waals surface area contributed by atoms with Crippen LogP contribution < -0.4 is 5.73 Å². The van der Waals surface area contributed by atoms with E-state index in [0.717, 1.165) is 11.3 Å². The number of halogens is 1. The molecule has 0 spiro atoms. The summed E-state index contributed by atoms with van der Waals surface area (Å²) in [5.41, 5.74) is 7.29. The molecule has 3 heterocycles. The number of nitrogen functional groups attached to an aromatic ring is 1. The van der Waals surface area contributed by atoms with E-state index in [2.05, 4.69) is 9.97 Å². The molecule has 0 radical (unpaired) electrons. The van der Waals surface area contributed by atoms with Gasteiger partial charge in [0.15, 0.2) is 0 Å². The summed E-state index contributed by atoms with van der Waals surface area (Å²) in [6, 6.07) is 3.46. The first-order valence-corrected chi connectivity index (χ1v) is 6.48. The lowest BCUT2D eigenvalue weighted by molar-refractivity contribution is 0.0755. The number of hydrogen-bond acceptors (Lipinski definition) is 5. The lowest BCUT2D eigenvalue weighted by atomic mass is 10.3. The zero-order valence-corrected chi connectivity index (χ0v) is 10.8. The number of nitrogens with two attached hydrogens (primary N) is 1. The highest BCUT2D eigenvalue weighted by atomic mass is 35.5. The molecule has 0 saturated heterocycles. The van der Waals surface area contributed by atoms with E-state index in [0.29, 0.717) is 22.3 Å². The van der Waals surface area contributed by atoms with Crippen LogP contribution in [0.2, 0.25) is 4.34 Å². The monoisotopic (exact) mass is 280 g/mol. The third-order valence-electron chi connectivity index (χ3n) is 2.75. The maximum absolute atomic E-state index is 12.2. The van der Waals surface area contributed by atoms with Crippen molar-refractivity contribution >= 4 is 34.8 Å². The summed E-state index contributed by atoms with van der Waals surface area (Å²) in [5.74, 6) is 0.200. The topological polar surface area (TPSA) is 72.1 Å². The summed E-state index contributed by atoms with van der Waals surface area (Å²) < 4.78 is 0.610. The molecule has 92 valence electrons. The summed E-state index contributed by atoms with van der Waals surface area (Å²) in [6.45, 7) is 0.986. The van der Waals surface area contributed by atoms with Gasteiger partial charge in [0.2, 0.25) is 5.95 Å². The number of fused-ring (bicyclic) bond motifs is 1. The Bertz CT molecular complexity index is 627. The number of carbonyl (C=O) groups is 1. The average molecular weight is 281 g/mol. The fourth-order valence-corrected chi connectivity index (χ4v) is 2.91. The third-order valence-corrected chi connectivity index (χ3v) is 3.97. The first-order valence-electron chi connectivity index (χ1n) is 5.28. The van der Waals surface area contributed by atoms with E-state index in [1.165, 1.54) is 11.3 Å². The zero-order chi connectivity index (χ0) is 12.7. The van der Waals surface area contributed by atoms with Gasteiger partial charge in [0.25, 0.3) is 5.91 Å². The fraction of sp³-hybridized carbons (Fsp3) is 0.182. The Labute approximate surface area is 112 Å². The van der Waals surface area contributed by atoms with Crippen LogP contribution in [-0.2, 0) is 13.1 Å². The molecule has 0 bridgehead atoms.